The Balaban J connectivity index is 1.63. The molecule has 3 aromatic rings. The van der Waals surface area contributed by atoms with Crippen LogP contribution in [-0.2, 0) is 0 Å². The number of carbonyl (C=O) groups is 3. The first kappa shape index (κ1) is 16.9. The van der Waals surface area contributed by atoms with Crippen molar-refractivity contribution in [3.63, 3.8) is 0 Å². The lowest BCUT2D eigenvalue weighted by Gasteiger charge is -2.15. The molecule has 6 nitrogen and oxygen atoms in total. The lowest BCUT2D eigenvalue weighted by atomic mass is 10.1. The van der Waals surface area contributed by atoms with Crippen molar-refractivity contribution in [1.82, 2.24) is 4.98 Å². The number of benzene rings is 2. The SMILES string of the molecule is O=C(Nc1cccc(N2C(=O)c3ccccc3C2=O)c1)c1cccnc1Cl. The minimum absolute atomic E-state index is 0.0894. The average molecular weight is 378 g/mol. The summed E-state index contributed by atoms with van der Waals surface area (Å²) in [6.07, 6.45) is 1.49. The summed E-state index contributed by atoms with van der Waals surface area (Å²) in [6.45, 7) is 0. The Morgan fingerprint density at radius 2 is 1.63 bits per heavy atom. The molecule has 0 bridgehead atoms. The predicted octanol–water partition coefficient (Wildman–Crippen LogP) is 3.79. The molecule has 1 aliphatic rings. The van der Waals surface area contributed by atoms with Crippen LogP contribution in [-0.4, -0.2) is 22.7 Å². The third-order valence-corrected chi connectivity index (χ3v) is 4.46. The van der Waals surface area contributed by atoms with Gasteiger partial charge in [0.15, 0.2) is 0 Å². The Hall–Kier alpha value is -3.51. The molecule has 2 aromatic carbocycles. The van der Waals surface area contributed by atoms with E-state index in [1.54, 1.807) is 60.7 Å². The van der Waals surface area contributed by atoms with Gasteiger partial charge in [-0.1, -0.05) is 29.8 Å². The molecule has 1 aliphatic heterocycles. The van der Waals surface area contributed by atoms with Gasteiger partial charge in [-0.05, 0) is 42.5 Å². The number of nitrogens with one attached hydrogen (secondary N) is 1. The van der Waals surface area contributed by atoms with Crippen LogP contribution in [0.4, 0.5) is 11.4 Å². The van der Waals surface area contributed by atoms with Crippen LogP contribution < -0.4 is 10.2 Å². The normalized spacial score (nSPS) is 12.9. The van der Waals surface area contributed by atoms with Crippen molar-refractivity contribution in [1.29, 1.82) is 0 Å². The van der Waals surface area contributed by atoms with E-state index in [1.165, 1.54) is 6.20 Å². The van der Waals surface area contributed by atoms with Crippen molar-refractivity contribution >= 4 is 40.7 Å². The van der Waals surface area contributed by atoms with Gasteiger partial charge in [-0.2, -0.15) is 0 Å². The van der Waals surface area contributed by atoms with Gasteiger partial charge < -0.3 is 5.32 Å². The van der Waals surface area contributed by atoms with Crippen molar-refractivity contribution in [2.24, 2.45) is 0 Å². The fourth-order valence-corrected chi connectivity index (χ4v) is 3.11. The first-order chi connectivity index (χ1) is 13.1. The Labute approximate surface area is 159 Å². The number of aromatic nitrogens is 1. The van der Waals surface area contributed by atoms with E-state index in [2.05, 4.69) is 10.3 Å². The van der Waals surface area contributed by atoms with Gasteiger partial charge in [-0.25, -0.2) is 9.88 Å². The monoisotopic (exact) mass is 377 g/mol. The third kappa shape index (κ3) is 2.96. The Bertz CT molecular complexity index is 1060. The molecule has 0 saturated carbocycles. The zero-order valence-corrected chi connectivity index (χ0v) is 14.6. The molecule has 4 rings (SSSR count). The molecule has 1 aromatic heterocycles. The van der Waals surface area contributed by atoms with Crippen LogP contribution in [0.2, 0.25) is 5.15 Å². The van der Waals surface area contributed by atoms with E-state index < -0.39 is 17.7 Å². The van der Waals surface area contributed by atoms with Crippen LogP contribution >= 0.6 is 11.6 Å². The van der Waals surface area contributed by atoms with E-state index in [-0.39, 0.29) is 10.7 Å². The molecule has 2 heterocycles. The number of halogens is 1. The third-order valence-electron chi connectivity index (χ3n) is 4.16. The summed E-state index contributed by atoms with van der Waals surface area (Å²) in [7, 11) is 0. The highest BCUT2D eigenvalue weighted by Gasteiger charge is 2.36. The van der Waals surface area contributed by atoms with Gasteiger partial charge in [0.05, 0.1) is 22.4 Å². The van der Waals surface area contributed by atoms with Gasteiger partial charge in [0.2, 0.25) is 0 Å². The Kier molecular flexibility index (Phi) is 4.18. The van der Waals surface area contributed by atoms with Crippen LogP contribution in [0.1, 0.15) is 31.1 Å². The summed E-state index contributed by atoms with van der Waals surface area (Å²) in [4.78, 5) is 42.6. The van der Waals surface area contributed by atoms with Crippen molar-refractivity contribution in [2.45, 2.75) is 0 Å². The topological polar surface area (TPSA) is 79.4 Å². The Morgan fingerprint density at radius 1 is 0.926 bits per heavy atom. The van der Waals surface area contributed by atoms with E-state index in [4.69, 9.17) is 11.6 Å². The maximum absolute atomic E-state index is 12.6. The molecule has 0 radical (unpaired) electrons. The Morgan fingerprint density at radius 3 is 2.30 bits per heavy atom. The number of imide groups is 1. The summed E-state index contributed by atoms with van der Waals surface area (Å²) in [6, 6.07) is 16.3. The predicted molar refractivity (Wildman–Crippen MR) is 101 cm³/mol. The molecule has 132 valence electrons. The second kappa shape index (κ2) is 6.66. The van der Waals surface area contributed by atoms with E-state index in [0.29, 0.717) is 22.5 Å². The zero-order valence-electron chi connectivity index (χ0n) is 13.8. The fraction of sp³-hybridized carbons (Fsp3) is 0. The van der Waals surface area contributed by atoms with E-state index in [9.17, 15) is 14.4 Å². The van der Waals surface area contributed by atoms with Crippen LogP contribution in [0.3, 0.4) is 0 Å². The summed E-state index contributed by atoms with van der Waals surface area (Å²) in [5.41, 5.74) is 1.74. The van der Waals surface area contributed by atoms with E-state index >= 15 is 0 Å². The number of carbonyl (C=O) groups excluding carboxylic acids is 3. The lowest BCUT2D eigenvalue weighted by Crippen LogP contribution is -2.29. The van der Waals surface area contributed by atoms with Crippen LogP contribution in [0, 0.1) is 0 Å². The first-order valence-electron chi connectivity index (χ1n) is 8.06. The van der Waals surface area contributed by atoms with Crippen LogP contribution in [0.15, 0.2) is 66.9 Å². The maximum atomic E-state index is 12.6. The first-order valence-corrected chi connectivity index (χ1v) is 8.44. The van der Waals surface area contributed by atoms with Gasteiger partial charge in [-0.15, -0.1) is 0 Å². The van der Waals surface area contributed by atoms with Crippen LogP contribution in [0.5, 0.6) is 0 Å². The highest BCUT2D eigenvalue weighted by molar-refractivity contribution is 6.35. The summed E-state index contributed by atoms with van der Waals surface area (Å²) in [5.74, 6) is -1.23. The molecule has 0 atom stereocenters. The van der Waals surface area contributed by atoms with Gasteiger partial charge in [-0.3, -0.25) is 14.4 Å². The highest BCUT2D eigenvalue weighted by Crippen LogP contribution is 2.30. The molecular weight excluding hydrogens is 366 g/mol. The lowest BCUT2D eigenvalue weighted by molar-refractivity contribution is 0.0925. The second-order valence-corrected chi connectivity index (χ2v) is 6.20. The van der Waals surface area contributed by atoms with Crippen molar-refractivity contribution in [2.75, 3.05) is 10.2 Å². The summed E-state index contributed by atoms with van der Waals surface area (Å²) in [5, 5.41) is 2.79. The quantitative estimate of drug-likeness (QED) is 0.556. The molecule has 3 amide bonds. The summed E-state index contributed by atoms with van der Waals surface area (Å²) < 4.78 is 0. The standard InChI is InChI=1S/C20H12ClN3O3/c21-17-16(9-4-10-22-17)18(25)23-12-5-3-6-13(11-12)24-19(26)14-7-1-2-8-15(14)20(24)27/h1-11H,(H,23,25). The van der Waals surface area contributed by atoms with Crippen molar-refractivity contribution in [3.8, 4) is 0 Å². The number of rotatable bonds is 3. The molecule has 0 fully saturated rings. The molecule has 1 N–H and O–H groups in total. The molecular formula is C20H12ClN3O3. The highest BCUT2D eigenvalue weighted by atomic mass is 35.5. The van der Waals surface area contributed by atoms with E-state index in [0.717, 1.165) is 4.90 Å². The van der Waals surface area contributed by atoms with Gasteiger partial charge in [0.1, 0.15) is 5.15 Å². The number of anilines is 2. The largest absolute Gasteiger partial charge is 0.322 e. The number of pyridine rings is 1. The molecule has 0 spiro atoms. The average Bonchev–Trinajstić information content (AvgIpc) is 2.93. The van der Waals surface area contributed by atoms with Gasteiger partial charge in [0.25, 0.3) is 17.7 Å². The minimum Gasteiger partial charge on any atom is -0.322 e. The summed E-state index contributed by atoms with van der Waals surface area (Å²) >= 11 is 5.94. The number of hydrogen-bond acceptors (Lipinski definition) is 4. The molecule has 7 heteroatoms. The number of amides is 3. The number of fused-ring (bicyclic) bond motifs is 1. The minimum atomic E-state index is -0.437. The maximum Gasteiger partial charge on any atom is 0.266 e. The molecule has 0 unspecified atom stereocenters. The molecule has 0 aliphatic carbocycles. The molecule has 27 heavy (non-hydrogen) atoms. The second-order valence-electron chi connectivity index (χ2n) is 5.84. The van der Waals surface area contributed by atoms with Gasteiger partial charge in [0, 0.05) is 11.9 Å². The van der Waals surface area contributed by atoms with Crippen LogP contribution in [0.25, 0.3) is 0 Å². The number of hydrogen-bond donors (Lipinski definition) is 1. The molecule has 0 saturated heterocycles. The fourth-order valence-electron chi connectivity index (χ4n) is 2.90. The number of nitrogens with zero attached hydrogens (tertiary/aromatic N) is 2. The van der Waals surface area contributed by atoms with E-state index in [1.807, 2.05) is 0 Å². The van der Waals surface area contributed by atoms with Crippen molar-refractivity contribution < 1.29 is 14.4 Å². The van der Waals surface area contributed by atoms with Crippen molar-refractivity contribution in [3.05, 3.63) is 88.7 Å². The zero-order chi connectivity index (χ0) is 19.0. The smallest absolute Gasteiger partial charge is 0.266 e. The van der Waals surface area contributed by atoms with Gasteiger partial charge >= 0.3 is 0 Å².